The zero-order valence-corrected chi connectivity index (χ0v) is 25.5. The fourth-order valence-electron chi connectivity index (χ4n) is 5.46. The molecule has 1 aromatic carbocycles. The number of hydrogen-bond acceptors (Lipinski definition) is 7. The van der Waals surface area contributed by atoms with Gasteiger partial charge in [0.2, 0.25) is 5.91 Å². The Balaban J connectivity index is 1.66. The minimum Gasteiger partial charge on any atom is -0.459 e. The van der Waals surface area contributed by atoms with Crippen LogP contribution in [0.25, 0.3) is 0 Å². The van der Waals surface area contributed by atoms with Crippen molar-refractivity contribution >= 4 is 29.4 Å². The Morgan fingerprint density at radius 3 is 2.33 bits per heavy atom. The molecule has 10 heteroatoms. The summed E-state index contributed by atoms with van der Waals surface area (Å²) in [5.41, 5.74) is 9.43. The van der Waals surface area contributed by atoms with Gasteiger partial charge in [0.15, 0.2) is 0 Å². The number of halogens is 1. The van der Waals surface area contributed by atoms with Crippen LogP contribution in [0.15, 0.2) is 24.3 Å². The normalized spacial score (nSPS) is 20.2. The van der Waals surface area contributed by atoms with Crippen LogP contribution in [0.3, 0.4) is 0 Å². The minimum absolute atomic E-state index is 0.0623. The molecule has 1 aromatic rings. The summed E-state index contributed by atoms with van der Waals surface area (Å²) in [5, 5.41) is 5.71. The first-order valence-corrected chi connectivity index (χ1v) is 15.1. The SMILES string of the molecule is CC(C)C(=O)N(C1CCCCC1)[C@H]1CCN(NC(=O)[C@@H](Cc2ccc(Cl)cc2)NCC(N)C(=O)OC(C)(C)C)C1. The quantitative estimate of drug-likeness (QED) is 0.345. The van der Waals surface area contributed by atoms with Gasteiger partial charge in [0.1, 0.15) is 11.6 Å². The highest BCUT2D eigenvalue weighted by Gasteiger charge is 2.37. The van der Waals surface area contributed by atoms with Crippen molar-refractivity contribution < 1.29 is 19.1 Å². The molecule has 0 radical (unpaired) electrons. The second-order valence-corrected chi connectivity index (χ2v) is 12.9. The molecule has 3 atom stereocenters. The van der Waals surface area contributed by atoms with E-state index in [-0.39, 0.29) is 36.4 Å². The molecule has 2 amide bonds. The average molecular weight is 578 g/mol. The van der Waals surface area contributed by atoms with Gasteiger partial charge in [0.05, 0.1) is 6.04 Å². The first kappa shape index (κ1) is 32.3. The minimum atomic E-state index is -0.915. The molecule has 1 unspecified atom stereocenters. The van der Waals surface area contributed by atoms with E-state index in [2.05, 4.69) is 15.6 Å². The molecule has 0 aromatic heterocycles. The monoisotopic (exact) mass is 577 g/mol. The third-order valence-corrected chi connectivity index (χ3v) is 7.76. The van der Waals surface area contributed by atoms with Gasteiger partial charge in [-0.3, -0.25) is 19.8 Å². The molecule has 2 aliphatic rings. The summed E-state index contributed by atoms with van der Waals surface area (Å²) in [6, 6.07) is 6.12. The van der Waals surface area contributed by atoms with E-state index < -0.39 is 23.7 Å². The lowest BCUT2D eigenvalue weighted by atomic mass is 9.92. The number of benzene rings is 1. The lowest BCUT2D eigenvalue weighted by molar-refractivity contribution is -0.156. The van der Waals surface area contributed by atoms with Crippen molar-refractivity contribution in [1.29, 1.82) is 0 Å². The highest BCUT2D eigenvalue weighted by atomic mass is 35.5. The summed E-state index contributed by atoms with van der Waals surface area (Å²) in [6.07, 6.45) is 6.84. The molecule has 1 saturated heterocycles. The Hall–Kier alpha value is -2.20. The molecule has 9 nitrogen and oxygen atoms in total. The lowest BCUT2D eigenvalue weighted by Gasteiger charge is -2.39. The molecular formula is C30H48ClN5O4. The smallest absolute Gasteiger partial charge is 0.324 e. The molecule has 0 spiro atoms. The molecule has 1 aliphatic carbocycles. The van der Waals surface area contributed by atoms with Gasteiger partial charge in [-0.05, 0) is 64.2 Å². The Morgan fingerprint density at radius 1 is 1.07 bits per heavy atom. The van der Waals surface area contributed by atoms with Crippen LogP contribution >= 0.6 is 11.6 Å². The van der Waals surface area contributed by atoms with E-state index >= 15 is 0 Å². The van der Waals surface area contributed by atoms with Crippen LogP contribution in [-0.2, 0) is 25.5 Å². The highest BCUT2D eigenvalue weighted by Crippen LogP contribution is 2.28. The zero-order chi connectivity index (χ0) is 29.4. The largest absolute Gasteiger partial charge is 0.459 e. The summed E-state index contributed by atoms with van der Waals surface area (Å²) in [5.74, 6) is -0.603. The topological polar surface area (TPSA) is 117 Å². The number of rotatable bonds is 11. The second kappa shape index (κ2) is 14.6. The maximum Gasteiger partial charge on any atom is 0.324 e. The van der Waals surface area contributed by atoms with E-state index in [0.29, 0.717) is 24.5 Å². The Labute approximate surface area is 244 Å². The van der Waals surface area contributed by atoms with Crippen LogP contribution in [0.1, 0.15) is 78.7 Å². The third kappa shape index (κ3) is 9.72. The van der Waals surface area contributed by atoms with Crippen molar-refractivity contribution in [2.75, 3.05) is 19.6 Å². The number of ether oxygens (including phenoxy) is 1. The van der Waals surface area contributed by atoms with E-state index in [4.69, 9.17) is 22.1 Å². The second-order valence-electron chi connectivity index (χ2n) is 12.5. The van der Waals surface area contributed by atoms with Crippen molar-refractivity contribution in [2.45, 2.75) is 109 Å². The molecule has 1 aliphatic heterocycles. The van der Waals surface area contributed by atoms with Crippen LogP contribution in [-0.4, -0.2) is 77.1 Å². The molecule has 1 heterocycles. The van der Waals surface area contributed by atoms with E-state index in [9.17, 15) is 14.4 Å². The van der Waals surface area contributed by atoms with Crippen LogP contribution in [0, 0.1) is 5.92 Å². The number of nitrogens with two attached hydrogens (primary N) is 1. The predicted octanol–water partition coefficient (Wildman–Crippen LogP) is 3.43. The fraction of sp³-hybridized carbons (Fsp3) is 0.700. The van der Waals surface area contributed by atoms with Crippen LogP contribution in [0.5, 0.6) is 0 Å². The summed E-state index contributed by atoms with van der Waals surface area (Å²) < 4.78 is 5.39. The lowest BCUT2D eigenvalue weighted by Crippen LogP contribution is -2.55. The molecule has 4 N–H and O–H groups in total. The van der Waals surface area contributed by atoms with E-state index in [1.807, 2.05) is 31.0 Å². The average Bonchev–Trinajstić information content (AvgIpc) is 3.34. The van der Waals surface area contributed by atoms with Crippen molar-refractivity contribution in [2.24, 2.45) is 11.7 Å². The number of hydrogen-bond donors (Lipinski definition) is 3. The van der Waals surface area contributed by atoms with Crippen LogP contribution in [0.2, 0.25) is 5.02 Å². The Morgan fingerprint density at radius 2 is 1.73 bits per heavy atom. The molecule has 224 valence electrons. The van der Waals surface area contributed by atoms with Gasteiger partial charge in [-0.1, -0.05) is 56.8 Å². The van der Waals surface area contributed by atoms with Gasteiger partial charge in [-0.2, -0.15) is 0 Å². The summed E-state index contributed by atoms with van der Waals surface area (Å²) in [7, 11) is 0. The van der Waals surface area contributed by atoms with E-state index in [1.54, 1.807) is 32.9 Å². The number of nitrogens with zero attached hydrogens (tertiary/aromatic N) is 2. The predicted molar refractivity (Wildman–Crippen MR) is 157 cm³/mol. The molecule has 3 rings (SSSR count). The Bertz CT molecular complexity index is 991. The van der Waals surface area contributed by atoms with Gasteiger partial charge < -0.3 is 20.7 Å². The van der Waals surface area contributed by atoms with Crippen molar-refractivity contribution in [3.8, 4) is 0 Å². The summed E-state index contributed by atoms with van der Waals surface area (Å²) in [6.45, 7) is 10.6. The molecule has 2 fully saturated rings. The standard InChI is InChI=1S/C30H48ClN5O4/c1-20(2)28(38)36(23-9-7-6-8-10-23)24-15-16-35(19-24)34-27(37)26(17-21-11-13-22(31)14-12-21)33-18-25(32)29(39)40-30(3,4)5/h11-14,20,23-26,33H,6-10,15-19,32H2,1-5H3,(H,34,37)/t24-,25?,26+/m0/s1. The number of amides is 2. The van der Waals surface area contributed by atoms with Crippen molar-refractivity contribution in [3.63, 3.8) is 0 Å². The van der Waals surface area contributed by atoms with E-state index in [1.165, 1.54) is 6.42 Å². The maximum atomic E-state index is 13.5. The Kier molecular flexibility index (Phi) is 11.8. The highest BCUT2D eigenvalue weighted by molar-refractivity contribution is 6.30. The first-order chi connectivity index (χ1) is 18.8. The number of hydrazine groups is 1. The maximum absolute atomic E-state index is 13.5. The van der Waals surface area contributed by atoms with Gasteiger partial charge in [0, 0.05) is 42.7 Å². The van der Waals surface area contributed by atoms with Gasteiger partial charge in [0.25, 0.3) is 5.91 Å². The van der Waals surface area contributed by atoms with Crippen LogP contribution < -0.4 is 16.5 Å². The van der Waals surface area contributed by atoms with Gasteiger partial charge in [-0.15, -0.1) is 0 Å². The first-order valence-electron chi connectivity index (χ1n) is 14.7. The van der Waals surface area contributed by atoms with Gasteiger partial charge >= 0.3 is 5.97 Å². The van der Waals surface area contributed by atoms with Crippen molar-refractivity contribution in [3.05, 3.63) is 34.9 Å². The molecule has 0 bridgehead atoms. The van der Waals surface area contributed by atoms with Crippen molar-refractivity contribution in [1.82, 2.24) is 20.7 Å². The molecular weight excluding hydrogens is 530 g/mol. The molecule has 40 heavy (non-hydrogen) atoms. The zero-order valence-electron chi connectivity index (χ0n) is 24.7. The van der Waals surface area contributed by atoms with Crippen LogP contribution in [0.4, 0.5) is 0 Å². The number of carbonyl (C=O) groups is 3. The van der Waals surface area contributed by atoms with E-state index in [0.717, 1.165) is 37.7 Å². The van der Waals surface area contributed by atoms with Gasteiger partial charge in [-0.25, -0.2) is 5.01 Å². The molecule has 1 saturated carbocycles. The summed E-state index contributed by atoms with van der Waals surface area (Å²) >= 11 is 6.05. The number of esters is 1. The fourth-order valence-corrected chi connectivity index (χ4v) is 5.59. The summed E-state index contributed by atoms with van der Waals surface area (Å²) in [4.78, 5) is 41.3. The number of nitrogens with one attached hydrogen (secondary N) is 2. The third-order valence-electron chi connectivity index (χ3n) is 7.50. The number of carbonyl (C=O) groups excluding carboxylic acids is 3.